The number of carbonyl (C=O) groups is 1. The number of hydrogen-bond acceptors (Lipinski definition) is 2. The van der Waals surface area contributed by atoms with Crippen molar-refractivity contribution in [1.29, 1.82) is 0 Å². The average Bonchev–Trinajstić information content (AvgIpc) is 2.19. The fraction of sp³-hybridized carbons (Fsp3) is 0.909. The van der Waals surface area contributed by atoms with Crippen molar-refractivity contribution in [3.05, 3.63) is 0 Å². The Hall–Kier alpha value is -0.570. The fourth-order valence-electron chi connectivity index (χ4n) is 1.36. The molecule has 0 unspecified atom stereocenters. The summed E-state index contributed by atoms with van der Waals surface area (Å²) in [5.74, 6) is 0.263. The lowest BCUT2D eigenvalue weighted by atomic mass is 10.3. The van der Waals surface area contributed by atoms with E-state index in [-0.39, 0.29) is 5.91 Å². The predicted octanol–water partition coefficient (Wildman–Crippen LogP) is 1.63. The summed E-state index contributed by atoms with van der Waals surface area (Å²) in [6.07, 6.45) is 3.03. The Labute approximate surface area is 87.9 Å². The van der Waals surface area contributed by atoms with Crippen molar-refractivity contribution in [2.75, 3.05) is 26.2 Å². The number of hydrogen-bond donors (Lipinski definition) is 1. The lowest BCUT2D eigenvalue weighted by Gasteiger charge is -2.18. The molecule has 0 saturated carbocycles. The number of nitrogens with one attached hydrogen (secondary N) is 1. The van der Waals surface area contributed by atoms with Crippen LogP contribution in [0.1, 0.15) is 40.0 Å². The molecule has 0 aliphatic rings. The first-order valence-corrected chi connectivity index (χ1v) is 5.74. The number of carbonyl (C=O) groups excluding carboxylic acids is 1. The highest BCUT2D eigenvalue weighted by atomic mass is 16.2. The van der Waals surface area contributed by atoms with Gasteiger partial charge in [-0.2, -0.15) is 0 Å². The second-order valence-corrected chi connectivity index (χ2v) is 3.42. The van der Waals surface area contributed by atoms with E-state index in [4.69, 9.17) is 0 Å². The third kappa shape index (κ3) is 5.97. The highest BCUT2D eigenvalue weighted by Gasteiger charge is 2.07. The smallest absolute Gasteiger partial charge is 0.223 e. The minimum Gasteiger partial charge on any atom is -0.343 e. The molecule has 0 aromatic rings. The standard InChI is InChI=1S/C11H24N2O/c1-4-7-9-12-10-8-11(14)13(5-2)6-3/h12H,4-10H2,1-3H3. The summed E-state index contributed by atoms with van der Waals surface area (Å²) < 4.78 is 0. The largest absolute Gasteiger partial charge is 0.343 e. The van der Waals surface area contributed by atoms with Crippen LogP contribution in [0.3, 0.4) is 0 Å². The molecular formula is C11H24N2O. The van der Waals surface area contributed by atoms with Crippen LogP contribution in [0.2, 0.25) is 0 Å². The van der Waals surface area contributed by atoms with Gasteiger partial charge in [0.2, 0.25) is 5.91 Å². The van der Waals surface area contributed by atoms with Crippen LogP contribution >= 0.6 is 0 Å². The summed E-state index contributed by atoms with van der Waals surface area (Å²) in [4.78, 5) is 13.4. The Bertz CT molecular complexity index is 144. The Morgan fingerprint density at radius 1 is 1.14 bits per heavy atom. The summed E-state index contributed by atoms with van der Waals surface area (Å²) in [5, 5.41) is 3.27. The van der Waals surface area contributed by atoms with E-state index in [9.17, 15) is 4.79 Å². The van der Waals surface area contributed by atoms with Crippen LogP contribution in [0.5, 0.6) is 0 Å². The van der Waals surface area contributed by atoms with E-state index in [2.05, 4.69) is 12.2 Å². The van der Waals surface area contributed by atoms with E-state index in [1.807, 2.05) is 18.7 Å². The molecule has 0 bridgehead atoms. The van der Waals surface area contributed by atoms with Crippen molar-refractivity contribution in [2.45, 2.75) is 40.0 Å². The van der Waals surface area contributed by atoms with Crippen LogP contribution in [-0.2, 0) is 4.79 Å². The van der Waals surface area contributed by atoms with Crippen LogP contribution in [0.25, 0.3) is 0 Å². The van der Waals surface area contributed by atoms with Gasteiger partial charge < -0.3 is 10.2 Å². The first-order chi connectivity index (χ1) is 6.76. The van der Waals surface area contributed by atoms with Crippen molar-refractivity contribution in [1.82, 2.24) is 10.2 Å². The predicted molar refractivity (Wildman–Crippen MR) is 60.3 cm³/mol. The molecule has 14 heavy (non-hydrogen) atoms. The molecule has 3 nitrogen and oxygen atoms in total. The Balaban J connectivity index is 3.43. The molecular weight excluding hydrogens is 176 g/mol. The van der Waals surface area contributed by atoms with Gasteiger partial charge >= 0.3 is 0 Å². The zero-order valence-corrected chi connectivity index (χ0v) is 9.81. The van der Waals surface area contributed by atoms with Gasteiger partial charge in [0.25, 0.3) is 0 Å². The molecule has 0 saturated heterocycles. The number of unbranched alkanes of at least 4 members (excludes halogenated alkanes) is 1. The molecule has 1 amide bonds. The summed E-state index contributed by atoms with van der Waals surface area (Å²) in [7, 11) is 0. The topological polar surface area (TPSA) is 32.3 Å². The molecule has 84 valence electrons. The minimum atomic E-state index is 0.263. The van der Waals surface area contributed by atoms with E-state index < -0.39 is 0 Å². The maximum absolute atomic E-state index is 11.5. The Morgan fingerprint density at radius 2 is 1.79 bits per heavy atom. The molecule has 0 aliphatic carbocycles. The molecule has 0 atom stereocenters. The van der Waals surface area contributed by atoms with E-state index in [1.54, 1.807) is 0 Å². The summed E-state index contributed by atoms with van der Waals surface area (Å²) >= 11 is 0. The molecule has 0 aromatic carbocycles. The normalized spacial score (nSPS) is 10.2. The fourth-order valence-corrected chi connectivity index (χ4v) is 1.36. The van der Waals surface area contributed by atoms with Gasteiger partial charge in [-0.15, -0.1) is 0 Å². The van der Waals surface area contributed by atoms with Crippen LogP contribution in [-0.4, -0.2) is 37.0 Å². The Morgan fingerprint density at radius 3 is 2.29 bits per heavy atom. The second-order valence-electron chi connectivity index (χ2n) is 3.42. The van der Waals surface area contributed by atoms with Crippen LogP contribution in [0.15, 0.2) is 0 Å². The molecule has 0 fully saturated rings. The van der Waals surface area contributed by atoms with Crippen LogP contribution in [0, 0.1) is 0 Å². The molecule has 0 heterocycles. The molecule has 0 radical (unpaired) electrons. The van der Waals surface area contributed by atoms with Gasteiger partial charge in [-0.25, -0.2) is 0 Å². The first kappa shape index (κ1) is 13.4. The summed E-state index contributed by atoms with van der Waals surface area (Å²) in [5.41, 5.74) is 0. The number of amides is 1. The van der Waals surface area contributed by atoms with Gasteiger partial charge in [-0.05, 0) is 26.8 Å². The lowest BCUT2D eigenvalue weighted by molar-refractivity contribution is -0.130. The van der Waals surface area contributed by atoms with Crippen molar-refractivity contribution >= 4 is 5.91 Å². The third-order valence-electron chi connectivity index (χ3n) is 2.34. The van der Waals surface area contributed by atoms with E-state index in [0.717, 1.165) is 26.2 Å². The number of rotatable bonds is 8. The van der Waals surface area contributed by atoms with E-state index in [0.29, 0.717) is 6.42 Å². The van der Waals surface area contributed by atoms with Crippen LogP contribution in [0.4, 0.5) is 0 Å². The third-order valence-corrected chi connectivity index (χ3v) is 2.34. The minimum absolute atomic E-state index is 0.263. The van der Waals surface area contributed by atoms with Gasteiger partial charge in [-0.1, -0.05) is 13.3 Å². The zero-order chi connectivity index (χ0) is 10.8. The van der Waals surface area contributed by atoms with E-state index >= 15 is 0 Å². The molecule has 1 N–H and O–H groups in total. The van der Waals surface area contributed by atoms with Crippen molar-refractivity contribution < 1.29 is 4.79 Å². The van der Waals surface area contributed by atoms with Gasteiger partial charge in [0.15, 0.2) is 0 Å². The second kappa shape index (κ2) is 9.00. The highest BCUT2D eigenvalue weighted by Crippen LogP contribution is 1.92. The quantitative estimate of drug-likeness (QED) is 0.604. The average molecular weight is 200 g/mol. The number of nitrogens with zero attached hydrogens (tertiary/aromatic N) is 1. The monoisotopic (exact) mass is 200 g/mol. The summed E-state index contributed by atoms with van der Waals surface area (Å²) in [6.45, 7) is 9.70. The Kier molecular flexibility index (Phi) is 8.64. The maximum atomic E-state index is 11.5. The maximum Gasteiger partial charge on any atom is 0.223 e. The van der Waals surface area contributed by atoms with Gasteiger partial charge in [0.05, 0.1) is 0 Å². The zero-order valence-electron chi connectivity index (χ0n) is 9.81. The first-order valence-electron chi connectivity index (χ1n) is 5.74. The van der Waals surface area contributed by atoms with Crippen molar-refractivity contribution in [2.24, 2.45) is 0 Å². The lowest BCUT2D eigenvalue weighted by Crippen LogP contribution is -2.33. The summed E-state index contributed by atoms with van der Waals surface area (Å²) in [6, 6.07) is 0. The van der Waals surface area contributed by atoms with Crippen LogP contribution < -0.4 is 5.32 Å². The molecule has 0 rings (SSSR count). The molecule has 0 aromatic heterocycles. The van der Waals surface area contributed by atoms with Gasteiger partial charge in [0, 0.05) is 26.1 Å². The van der Waals surface area contributed by atoms with Crippen molar-refractivity contribution in [3.63, 3.8) is 0 Å². The SMILES string of the molecule is CCCCNCCC(=O)N(CC)CC. The molecule has 3 heteroatoms. The highest BCUT2D eigenvalue weighted by molar-refractivity contribution is 5.76. The molecule has 0 spiro atoms. The molecule has 0 aliphatic heterocycles. The van der Waals surface area contributed by atoms with Gasteiger partial charge in [-0.3, -0.25) is 4.79 Å². The van der Waals surface area contributed by atoms with Gasteiger partial charge in [0.1, 0.15) is 0 Å². The van der Waals surface area contributed by atoms with Crippen molar-refractivity contribution in [3.8, 4) is 0 Å². The van der Waals surface area contributed by atoms with E-state index in [1.165, 1.54) is 12.8 Å².